The lowest BCUT2D eigenvalue weighted by atomic mass is 10.2. The molecule has 18 heavy (non-hydrogen) atoms. The smallest absolute Gasteiger partial charge is 0.329 e. The Morgan fingerprint density at radius 1 is 1.44 bits per heavy atom. The fraction of sp³-hybridized carbons (Fsp3) is 0.182. The fourth-order valence-corrected chi connectivity index (χ4v) is 1.71. The van der Waals surface area contributed by atoms with E-state index in [-0.39, 0.29) is 11.1 Å². The van der Waals surface area contributed by atoms with Gasteiger partial charge in [-0.25, -0.2) is 9.36 Å². The number of aromatic nitrogens is 2. The Bertz CT molecular complexity index is 728. The molecule has 0 atom stereocenters. The van der Waals surface area contributed by atoms with Gasteiger partial charge >= 0.3 is 11.7 Å². The van der Waals surface area contributed by atoms with Crippen LogP contribution >= 0.6 is 0 Å². The Morgan fingerprint density at radius 3 is 2.78 bits per heavy atom. The van der Waals surface area contributed by atoms with Crippen molar-refractivity contribution in [2.24, 2.45) is 0 Å². The maximum Gasteiger partial charge on any atom is 0.329 e. The Labute approximate surface area is 100 Å². The lowest BCUT2D eigenvalue weighted by Crippen LogP contribution is -2.37. The SMILES string of the molecule is COc1cccc2[nH]c(=O)n(CC(=O)O)c(=O)c12. The molecule has 2 aromatic rings. The van der Waals surface area contributed by atoms with E-state index in [2.05, 4.69) is 4.98 Å². The minimum atomic E-state index is -1.27. The lowest BCUT2D eigenvalue weighted by Gasteiger charge is -2.07. The van der Waals surface area contributed by atoms with Crippen LogP contribution in [0, 0.1) is 0 Å². The van der Waals surface area contributed by atoms with E-state index >= 15 is 0 Å². The molecule has 7 nitrogen and oxygen atoms in total. The van der Waals surface area contributed by atoms with E-state index in [4.69, 9.17) is 9.84 Å². The van der Waals surface area contributed by atoms with Crippen LogP contribution in [0.25, 0.3) is 10.9 Å². The summed E-state index contributed by atoms with van der Waals surface area (Å²) in [5, 5.41) is 8.82. The van der Waals surface area contributed by atoms with Crippen molar-refractivity contribution in [2.45, 2.75) is 6.54 Å². The third kappa shape index (κ3) is 1.86. The molecular weight excluding hydrogens is 240 g/mol. The van der Waals surface area contributed by atoms with E-state index in [1.807, 2.05) is 0 Å². The number of hydrogen-bond acceptors (Lipinski definition) is 4. The van der Waals surface area contributed by atoms with E-state index < -0.39 is 23.8 Å². The minimum Gasteiger partial charge on any atom is -0.496 e. The molecule has 0 saturated carbocycles. The highest BCUT2D eigenvalue weighted by Crippen LogP contribution is 2.18. The van der Waals surface area contributed by atoms with E-state index in [0.29, 0.717) is 10.1 Å². The second kappa shape index (κ2) is 4.36. The Hall–Kier alpha value is -2.57. The van der Waals surface area contributed by atoms with Crippen LogP contribution in [-0.4, -0.2) is 27.7 Å². The van der Waals surface area contributed by atoms with Gasteiger partial charge in [-0.1, -0.05) is 6.07 Å². The van der Waals surface area contributed by atoms with Gasteiger partial charge in [-0.3, -0.25) is 9.59 Å². The van der Waals surface area contributed by atoms with Gasteiger partial charge in [0, 0.05) is 0 Å². The predicted octanol–water partition coefficient (Wildman–Crippen LogP) is -0.217. The molecule has 0 saturated heterocycles. The molecule has 1 heterocycles. The first-order valence-electron chi connectivity index (χ1n) is 5.06. The van der Waals surface area contributed by atoms with Crippen LogP contribution in [0.5, 0.6) is 5.75 Å². The molecule has 2 rings (SSSR count). The van der Waals surface area contributed by atoms with Gasteiger partial charge in [-0.05, 0) is 12.1 Å². The molecule has 0 aliphatic carbocycles. The van der Waals surface area contributed by atoms with Crippen molar-refractivity contribution < 1.29 is 14.6 Å². The normalized spacial score (nSPS) is 10.5. The second-order valence-electron chi connectivity index (χ2n) is 3.60. The standard InChI is InChI=1S/C11H10N2O5/c1-18-7-4-2-3-6-9(7)10(16)13(5-8(14)15)11(17)12-6/h2-4H,5H2,1H3,(H,12,17)(H,14,15). The summed E-state index contributed by atoms with van der Waals surface area (Å²) in [6.45, 7) is -0.692. The summed E-state index contributed by atoms with van der Waals surface area (Å²) in [6, 6.07) is 4.73. The number of rotatable bonds is 3. The number of ether oxygens (including phenoxy) is 1. The van der Waals surface area contributed by atoms with Gasteiger partial charge in [-0.2, -0.15) is 0 Å². The first kappa shape index (κ1) is 11.9. The number of aromatic amines is 1. The number of H-pyrrole nitrogens is 1. The number of carbonyl (C=O) groups is 1. The molecular formula is C11H10N2O5. The van der Waals surface area contributed by atoms with Crippen LogP contribution < -0.4 is 16.0 Å². The Kier molecular flexibility index (Phi) is 2.88. The van der Waals surface area contributed by atoms with Crippen LogP contribution in [0.4, 0.5) is 0 Å². The van der Waals surface area contributed by atoms with Crippen LogP contribution in [0.2, 0.25) is 0 Å². The van der Waals surface area contributed by atoms with Crippen molar-refractivity contribution in [2.75, 3.05) is 7.11 Å². The average Bonchev–Trinajstić information content (AvgIpc) is 2.33. The van der Waals surface area contributed by atoms with E-state index in [0.717, 1.165) is 0 Å². The molecule has 1 aromatic carbocycles. The summed E-state index contributed by atoms with van der Waals surface area (Å²) in [4.78, 5) is 36.7. The van der Waals surface area contributed by atoms with Crippen molar-refractivity contribution in [3.8, 4) is 5.75 Å². The maximum absolute atomic E-state index is 12.1. The third-order valence-electron chi connectivity index (χ3n) is 2.49. The van der Waals surface area contributed by atoms with E-state index in [1.165, 1.54) is 7.11 Å². The lowest BCUT2D eigenvalue weighted by molar-refractivity contribution is -0.137. The molecule has 0 aliphatic rings. The zero-order valence-electron chi connectivity index (χ0n) is 9.47. The van der Waals surface area contributed by atoms with Crippen LogP contribution in [0.15, 0.2) is 27.8 Å². The summed E-state index contributed by atoms with van der Waals surface area (Å²) < 4.78 is 5.64. The van der Waals surface area contributed by atoms with Crippen LogP contribution in [0.1, 0.15) is 0 Å². The maximum atomic E-state index is 12.1. The number of carboxylic acid groups (broad SMARTS) is 1. The van der Waals surface area contributed by atoms with Gasteiger partial charge in [0.25, 0.3) is 5.56 Å². The molecule has 0 fully saturated rings. The second-order valence-corrected chi connectivity index (χ2v) is 3.60. The topological polar surface area (TPSA) is 101 Å². The van der Waals surface area contributed by atoms with Gasteiger partial charge in [0.1, 0.15) is 17.7 Å². The van der Waals surface area contributed by atoms with E-state index in [1.54, 1.807) is 18.2 Å². The number of carboxylic acids is 1. The summed E-state index contributed by atoms with van der Waals surface area (Å²) in [5.74, 6) is -0.982. The van der Waals surface area contributed by atoms with Gasteiger partial charge in [0.2, 0.25) is 0 Å². The Morgan fingerprint density at radius 2 is 2.17 bits per heavy atom. The zero-order valence-corrected chi connectivity index (χ0v) is 9.47. The minimum absolute atomic E-state index is 0.154. The number of methoxy groups -OCH3 is 1. The van der Waals surface area contributed by atoms with Crippen LogP contribution in [-0.2, 0) is 11.3 Å². The van der Waals surface area contributed by atoms with Crippen LogP contribution in [0.3, 0.4) is 0 Å². The number of aliphatic carboxylic acids is 1. The number of nitrogens with zero attached hydrogens (tertiary/aromatic N) is 1. The van der Waals surface area contributed by atoms with Crippen molar-refractivity contribution >= 4 is 16.9 Å². The van der Waals surface area contributed by atoms with Crippen molar-refractivity contribution in [3.05, 3.63) is 39.0 Å². The third-order valence-corrected chi connectivity index (χ3v) is 2.49. The van der Waals surface area contributed by atoms with Gasteiger partial charge in [0.05, 0.1) is 12.6 Å². The highest BCUT2D eigenvalue weighted by molar-refractivity contribution is 5.84. The quantitative estimate of drug-likeness (QED) is 0.784. The first-order chi connectivity index (χ1) is 8.54. The van der Waals surface area contributed by atoms with Crippen molar-refractivity contribution in [1.82, 2.24) is 9.55 Å². The zero-order chi connectivity index (χ0) is 13.3. The molecule has 0 unspecified atom stereocenters. The summed E-state index contributed by atoms with van der Waals surface area (Å²) in [5.41, 5.74) is -1.14. The molecule has 1 aromatic heterocycles. The number of fused-ring (bicyclic) bond motifs is 1. The number of nitrogens with one attached hydrogen (secondary N) is 1. The molecule has 0 bridgehead atoms. The molecule has 7 heteroatoms. The van der Waals surface area contributed by atoms with Gasteiger partial charge in [0.15, 0.2) is 0 Å². The molecule has 94 valence electrons. The predicted molar refractivity (Wildman–Crippen MR) is 63.0 cm³/mol. The highest BCUT2D eigenvalue weighted by atomic mass is 16.5. The van der Waals surface area contributed by atoms with E-state index in [9.17, 15) is 14.4 Å². The Balaban J connectivity index is 2.87. The first-order valence-corrected chi connectivity index (χ1v) is 5.06. The molecule has 0 spiro atoms. The molecule has 0 amide bonds. The van der Waals surface area contributed by atoms with Crippen molar-refractivity contribution in [1.29, 1.82) is 0 Å². The highest BCUT2D eigenvalue weighted by Gasteiger charge is 2.13. The van der Waals surface area contributed by atoms with Gasteiger partial charge in [-0.15, -0.1) is 0 Å². The summed E-state index contributed by atoms with van der Waals surface area (Å²) >= 11 is 0. The average molecular weight is 250 g/mol. The summed E-state index contributed by atoms with van der Waals surface area (Å²) in [6.07, 6.45) is 0. The largest absolute Gasteiger partial charge is 0.496 e. The number of benzene rings is 1. The molecule has 0 radical (unpaired) electrons. The molecule has 0 aliphatic heterocycles. The fourth-order valence-electron chi connectivity index (χ4n) is 1.71. The molecule has 2 N–H and O–H groups in total. The summed E-state index contributed by atoms with van der Waals surface area (Å²) in [7, 11) is 1.39. The van der Waals surface area contributed by atoms with Crippen molar-refractivity contribution in [3.63, 3.8) is 0 Å². The monoisotopic (exact) mass is 250 g/mol. The van der Waals surface area contributed by atoms with Gasteiger partial charge < -0.3 is 14.8 Å². The number of hydrogen-bond donors (Lipinski definition) is 2.